The molecule has 3 rings (SSSR count). The zero-order chi connectivity index (χ0) is 21.0. The SMILES string of the molecule is COCCN1C[C@@H](NC(=O)Nc2cc(C(C)(C)C)nn2C)[C@H](c2ccccc2)C1. The molecule has 1 saturated heterocycles. The van der Waals surface area contributed by atoms with Crippen molar-refractivity contribution in [2.75, 3.05) is 38.7 Å². The maximum absolute atomic E-state index is 12.8. The third-order valence-corrected chi connectivity index (χ3v) is 5.44. The van der Waals surface area contributed by atoms with E-state index in [1.54, 1.807) is 11.8 Å². The lowest BCUT2D eigenvalue weighted by Gasteiger charge is -2.20. The first kappa shape index (κ1) is 21.3. The van der Waals surface area contributed by atoms with Crippen molar-refractivity contribution < 1.29 is 9.53 Å². The molecule has 1 aliphatic rings. The van der Waals surface area contributed by atoms with Crippen LogP contribution in [0.15, 0.2) is 36.4 Å². The number of nitrogens with one attached hydrogen (secondary N) is 2. The van der Waals surface area contributed by atoms with E-state index in [9.17, 15) is 4.79 Å². The van der Waals surface area contributed by atoms with E-state index in [0.29, 0.717) is 12.4 Å². The number of anilines is 1. The molecular weight excluding hydrogens is 366 g/mol. The van der Waals surface area contributed by atoms with Crippen molar-refractivity contribution in [2.24, 2.45) is 7.05 Å². The molecule has 29 heavy (non-hydrogen) atoms. The molecule has 1 fully saturated rings. The van der Waals surface area contributed by atoms with E-state index >= 15 is 0 Å². The van der Waals surface area contributed by atoms with E-state index < -0.39 is 0 Å². The van der Waals surface area contributed by atoms with E-state index in [4.69, 9.17) is 4.74 Å². The van der Waals surface area contributed by atoms with Crippen molar-refractivity contribution in [1.29, 1.82) is 0 Å². The number of urea groups is 1. The van der Waals surface area contributed by atoms with E-state index in [1.807, 2.05) is 31.3 Å². The number of aromatic nitrogens is 2. The van der Waals surface area contributed by atoms with Gasteiger partial charge in [0, 0.05) is 51.2 Å². The van der Waals surface area contributed by atoms with Crippen LogP contribution in [0.1, 0.15) is 37.9 Å². The standard InChI is InChI=1S/C22H33N5O2/c1-22(2,3)19-13-20(26(4)25-19)24-21(28)23-18-15-27(11-12-29-5)14-17(18)16-9-7-6-8-10-16/h6-10,13,17-18H,11-12,14-15H2,1-5H3,(H2,23,24,28)/t17-,18+/m0/s1. The Balaban J connectivity index is 1.69. The second kappa shape index (κ2) is 8.97. The zero-order valence-corrected chi connectivity index (χ0v) is 18.1. The third kappa shape index (κ3) is 5.36. The molecule has 158 valence electrons. The minimum absolute atomic E-state index is 0.0320. The smallest absolute Gasteiger partial charge is 0.320 e. The van der Waals surface area contributed by atoms with Gasteiger partial charge >= 0.3 is 6.03 Å². The van der Waals surface area contributed by atoms with Gasteiger partial charge in [-0.05, 0) is 5.56 Å². The molecule has 2 heterocycles. The molecule has 0 saturated carbocycles. The molecular formula is C22H33N5O2. The average Bonchev–Trinajstić information content (AvgIpc) is 3.24. The Morgan fingerprint density at radius 1 is 1.24 bits per heavy atom. The third-order valence-electron chi connectivity index (χ3n) is 5.44. The average molecular weight is 400 g/mol. The Morgan fingerprint density at radius 2 is 1.97 bits per heavy atom. The fraction of sp³-hybridized carbons (Fsp3) is 0.545. The van der Waals surface area contributed by atoms with Gasteiger partial charge in [0.05, 0.1) is 18.3 Å². The molecule has 7 heteroatoms. The van der Waals surface area contributed by atoms with Crippen LogP contribution in [0.5, 0.6) is 0 Å². The number of hydrogen-bond donors (Lipinski definition) is 2. The highest BCUT2D eigenvalue weighted by atomic mass is 16.5. The van der Waals surface area contributed by atoms with Crippen molar-refractivity contribution >= 4 is 11.8 Å². The first-order valence-corrected chi connectivity index (χ1v) is 10.2. The molecule has 2 amide bonds. The molecule has 1 aliphatic heterocycles. The summed E-state index contributed by atoms with van der Waals surface area (Å²) in [5.74, 6) is 0.938. The summed E-state index contributed by atoms with van der Waals surface area (Å²) in [5, 5.41) is 10.7. The Kier molecular flexibility index (Phi) is 6.59. The van der Waals surface area contributed by atoms with Crippen molar-refractivity contribution in [3.05, 3.63) is 47.7 Å². The summed E-state index contributed by atoms with van der Waals surface area (Å²) < 4.78 is 6.95. The number of hydrogen-bond acceptors (Lipinski definition) is 4. The van der Waals surface area contributed by atoms with Crippen LogP contribution in [0, 0.1) is 0 Å². The minimum Gasteiger partial charge on any atom is -0.383 e. The quantitative estimate of drug-likeness (QED) is 0.783. The van der Waals surface area contributed by atoms with Crippen molar-refractivity contribution in [3.8, 4) is 0 Å². The first-order chi connectivity index (χ1) is 13.8. The lowest BCUT2D eigenvalue weighted by atomic mass is 9.92. The van der Waals surface area contributed by atoms with E-state index in [0.717, 1.165) is 25.3 Å². The van der Waals surface area contributed by atoms with Crippen molar-refractivity contribution in [3.63, 3.8) is 0 Å². The Hall–Kier alpha value is -2.38. The summed E-state index contributed by atoms with van der Waals surface area (Å²) in [4.78, 5) is 15.1. The molecule has 0 aliphatic carbocycles. The van der Waals surface area contributed by atoms with Crippen molar-refractivity contribution in [2.45, 2.75) is 38.1 Å². The zero-order valence-electron chi connectivity index (χ0n) is 18.1. The molecule has 7 nitrogen and oxygen atoms in total. The Bertz CT molecular complexity index is 812. The van der Waals surface area contributed by atoms with Gasteiger partial charge in [-0.15, -0.1) is 0 Å². The summed E-state index contributed by atoms with van der Waals surface area (Å²) in [6.07, 6.45) is 0. The monoisotopic (exact) mass is 399 g/mol. The number of nitrogens with zero attached hydrogens (tertiary/aromatic N) is 3. The topological polar surface area (TPSA) is 71.4 Å². The van der Waals surface area contributed by atoms with Crippen LogP contribution in [0.3, 0.4) is 0 Å². The van der Waals surface area contributed by atoms with Crippen LogP contribution in [0.2, 0.25) is 0 Å². The van der Waals surface area contributed by atoms with Gasteiger partial charge in [0.15, 0.2) is 0 Å². The minimum atomic E-state index is -0.201. The first-order valence-electron chi connectivity index (χ1n) is 10.2. The normalized spacial score (nSPS) is 20.0. The molecule has 1 aromatic carbocycles. The molecule has 0 radical (unpaired) electrons. The lowest BCUT2D eigenvalue weighted by molar-refractivity contribution is 0.159. The highest BCUT2D eigenvalue weighted by Crippen LogP contribution is 2.28. The maximum atomic E-state index is 12.8. The maximum Gasteiger partial charge on any atom is 0.320 e. The number of carbonyl (C=O) groups is 1. The lowest BCUT2D eigenvalue weighted by Crippen LogP contribution is -2.42. The van der Waals surface area contributed by atoms with Gasteiger partial charge in [0.2, 0.25) is 0 Å². The fourth-order valence-corrected chi connectivity index (χ4v) is 3.74. The van der Waals surface area contributed by atoms with Gasteiger partial charge in [-0.25, -0.2) is 4.79 Å². The fourth-order valence-electron chi connectivity index (χ4n) is 3.74. The van der Waals surface area contributed by atoms with E-state index in [1.165, 1.54) is 5.56 Å². The van der Waals surface area contributed by atoms with Gasteiger partial charge in [-0.3, -0.25) is 14.9 Å². The van der Waals surface area contributed by atoms with Crippen LogP contribution in [-0.2, 0) is 17.2 Å². The number of likely N-dealkylation sites (tertiary alicyclic amines) is 1. The molecule has 2 N–H and O–H groups in total. The summed E-state index contributed by atoms with van der Waals surface area (Å²) in [7, 11) is 3.56. The summed E-state index contributed by atoms with van der Waals surface area (Å²) >= 11 is 0. The molecule has 0 bridgehead atoms. The molecule has 2 atom stereocenters. The van der Waals surface area contributed by atoms with Gasteiger partial charge in [-0.1, -0.05) is 51.1 Å². The number of ether oxygens (including phenoxy) is 1. The molecule has 2 aromatic rings. The number of amides is 2. The number of benzene rings is 1. The number of rotatable bonds is 6. The Morgan fingerprint density at radius 3 is 2.59 bits per heavy atom. The molecule has 0 unspecified atom stereocenters. The van der Waals surface area contributed by atoms with Crippen LogP contribution in [-0.4, -0.2) is 60.1 Å². The summed E-state index contributed by atoms with van der Waals surface area (Å²) in [6, 6.07) is 12.2. The number of aryl methyl sites for hydroxylation is 1. The summed E-state index contributed by atoms with van der Waals surface area (Å²) in [5.41, 5.74) is 2.12. The van der Waals surface area contributed by atoms with Gasteiger partial charge in [-0.2, -0.15) is 5.10 Å². The van der Waals surface area contributed by atoms with Crippen LogP contribution in [0.25, 0.3) is 0 Å². The van der Waals surface area contributed by atoms with E-state index in [2.05, 4.69) is 53.5 Å². The highest BCUT2D eigenvalue weighted by molar-refractivity contribution is 5.88. The number of methoxy groups -OCH3 is 1. The van der Waals surface area contributed by atoms with Gasteiger partial charge in [0.25, 0.3) is 0 Å². The number of carbonyl (C=O) groups excluding carboxylic acids is 1. The second-order valence-electron chi connectivity index (χ2n) is 8.76. The summed E-state index contributed by atoms with van der Waals surface area (Å²) in [6.45, 7) is 9.57. The highest BCUT2D eigenvalue weighted by Gasteiger charge is 2.34. The van der Waals surface area contributed by atoms with Crippen LogP contribution in [0.4, 0.5) is 10.6 Å². The predicted octanol–water partition coefficient (Wildman–Crippen LogP) is 2.95. The van der Waals surface area contributed by atoms with Gasteiger partial charge in [0.1, 0.15) is 5.82 Å². The Labute approximate surface area is 173 Å². The largest absolute Gasteiger partial charge is 0.383 e. The van der Waals surface area contributed by atoms with Crippen LogP contribution < -0.4 is 10.6 Å². The van der Waals surface area contributed by atoms with Crippen molar-refractivity contribution in [1.82, 2.24) is 20.0 Å². The van der Waals surface area contributed by atoms with Gasteiger partial charge < -0.3 is 10.1 Å². The van der Waals surface area contributed by atoms with E-state index in [-0.39, 0.29) is 23.4 Å². The van der Waals surface area contributed by atoms with Crippen LogP contribution >= 0.6 is 0 Å². The second-order valence-corrected chi connectivity index (χ2v) is 8.76. The molecule has 1 aromatic heterocycles. The molecule has 0 spiro atoms. The predicted molar refractivity (Wildman–Crippen MR) is 115 cm³/mol.